The zero-order chi connectivity index (χ0) is 11.7. The number of nitrogens with two attached hydrogens (primary N) is 1. The van der Waals surface area contributed by atoms with Crippen molar-refractivity contribution in [1.82, 2.24) is 0 Å². The SMILES string of the molecule is Cc1cc(N)cc(N2CCC(C(C)C)C2)c1. The van der Waals surface area contributed by atoms with Crippen molar-refractivity contribution < 1.29 is 0 Å². The van der Waals surface area contributed by atoms with Crippen LogP contribution in [0, 0.1) is 18.8 Å². The van der Waals surface area contributed by atoms with Gasteiger partial charge < -0.3 is 10.6 Å². The van der Waals surface area contributed by atoms with Gasteiger partial charge in [-0.2, -0.15) is 0 Å². The van der Waals surface area contributed by atoms with E-state index in [0.29, 0.717) is 0 Å². The van der Waals surface area contributed by atoms with Gasteiger partial charge in [0.1, 0.15) is 0 Å². The highest BCUT2D eigenvalue weighted by molar-refractivity contribution is 5.58. The molecule has 2 N–H and O–H groups in total. The molecule has 88 valence electrons. The summed E-state index contributed by atoms with van der Waals surface area (Å²) in [7, 11) is 0. The smallest absolute Gasteiger partial charge is 0.0389 e. The van der Waals surface area contributed by atoms with Crippen LogP contribution in [-0.2, 0) is 0 Å². The lowest BCUT2D eigenvalue weighted by Crippen LogP contribution is -2.21. The molecule has 0 bridgehead atoms. The lowest BCUT2D eigenvalue weighted by atomic mass is 9.95. The van der Waals surface area contributed by atoms with Crippen LogP contribution in [0.3, 0.4) is 0 Å². The zero-order valence-electron chi connectivity index (χ0n) is 10.5. The first-order chi connectivity index (χ1) is 7.56. The first kappa shape index (κ1) is 11.3. The molecular formula is C14H22N2. The molecule has 0 saturated carbocycles. The van der Waals surface area contributed by atoms with Gasteiger partial charge in [-0.15, -0.1) is 0 Å². The Balaban J connectivity index is 2.14. The van der Waals surface area contributed by atoms with E-state index in [-0.39, 0.29) is 0 Å². The van der Waals surface area contributed by atoms with Crippen LogP contribution in [0.15, 0.2) is 18.2 Å². The minimum absolute atomic E-state index is 0.784. The van der Waals surface area contributed by atoms with Crippen LogP contribution in [0.1, 0.15) is 25.8 Å². The van der Waals surface area contributed by atoms with Gasteiger partial charge in [0.25, 0.3) is 0 Å². The minimum Gasteiger partial charge on any atom is -0.399 e. The largest absolute Gasteiger partial charge is 0.399 e. The minimum atomic E-state index is 0.784. The number of hydrogen-bond acceptors (Lipinski definition) is 2. The van der Waals surface area contributed by atoms with E-state index in [1.54, 1.807) is 0 Å². The molecule has 0 spiro atoms. The Hall–Kier alpha value is -1.18. The Bertz CT molecular complexity index is 351. The number of hydrogen-bond donors (Lipinski definition) is 1. The van der Waals surface area contributed by atoms with Crippen LogP contribution < -0.4 is 10.6 Å². The number of benzene rings is 1. The van der Waals surface area contributed by atoms with Gasteiger partial charge in [-0.25, -0.2) is 0 Å². The van der Waals surface area contributed by atoms with Crippen molar-refractivity contribution in [3.63, 3.8) is 0 Å². The fourth-order valence-corrected chi connectivity index (χ4v) is 2.54. The van der Waals surface area contributed by atoms with Crippen molar-refractivity contribution >= 4 is 11.4 Å². The summed E-state index contributed by atoms with van der Waals surface area (Å²) < 4.78 is 0. The second-order valence-electron chi connectivity index (χ2n) is 5.34. The number of aryl methyl sites for hydroxylation is 1. The highest BCUT2D eigenvalue weighted by Crippen LogP contribution is 2.29. The number of nitrogens with zero attached hydrogens (tertiary/aromatic N) is 1. The summed E-state index contributed by atoms with van der Waals surface area (Å²) >= 11 is 0. The third-order valence-electron chi connectivity index (χ3n) is 3.62. The molecule has 16 heavy (non-hydrogen) atoms. The Morgan fingerprint density at radius 2 is 2.06 bits per heavy atom. The topological polar surface area (TPSA) is 29.3 Å². The Morgan fingerprint density at radius 1 is 1.31 bits per heavy atom. The normalized spacial score (nSPS) is 20.8. The number of anilines is 2. The number of nitrogen functional groups attached to an aromatic ring is 1. The van der Waals surface area contributed by atoms with Gasteiger partial charge in [0.15, 0.2) is 0 Å². The van der Waals surface area contributed by atoms with E-state index in [9.17, 15) is 0 Å². The van der Waals surface area contributed by atoms with E-state index in [1.807, 2.05) is 6.07 Å². The van der Waals surface area contributed by atoms with Crippen molar-refractivity contribution in [3.8, 4) is 0 Å². The van der Waals surface area contributed by atoms with Gasteiger partial charge in [-0.3, -0.25) is 0 Å². The van der Waals surface area contributed by atoms with E-state index >= 15 is 0 Å². The van der Waals surface area contributed by atoms with Gasteiger partial charge in [-0.05, 0) is 48.9 Å². The summed E-state index contributed by atoms with van der Waals surface area (Å²) in [4.78, 5) is 2.47. The van der Waals surface area contributed by atoms with Gasteiger partial charge in [0.2, 0.25) is 0 Å². The zero-order valence-corrected chi connectivity index (χ0v) is 10.5. The molecule has 2 heteroatoms. The molecule has 1 heterocycles. The summed E-state index contributed by atoms with van der Waals surface area (Å²) in [6, 6.07) is 6.36. The lowest BCUT2D eigenvalue weighted by molar-refractivity contribution is 0.423. The molecule has 1 aromatic rings. The van der Waals surface area contributed by atoms with Crippen molar-refractivity contribution in [2.24, 2.45) is 11.8 Å². The van der Waals surface area contributed by atoms with Crippen molar-refractivity contribution in [1.29, 1.82) is 0 Å². The number of rotatable bonds is 2. The first-order valence-corrected chi connectivity index (χ1v) is 6.18. The Kier molecular flexibility index (Phi) is 3.08. The highest BCUT2D eigenvalue weighted by Gasteiger charge is 2.25. The second-order valence-corrected chi connectivity index (χ2v) is 5.34. The molecule has 1 unspecified atom stereocenters. The molecule has 1 fully saturated rings. The maximum atomic E-state index is 5.89. The average Bonchev–Trinajstić information content (AvgIpc) is 2.64. The summed E-state index contributed by atoms with van der Waals surface area (Å²) in [6.07, 6.45) is 1.31. The molecule has 2 nitrogen and oxygen atoms in total. The van der Waals surface area contributed by atoms with Gasteiger partial charge in [-0.1, -0.05) is 13.8 Å². The molecule has 2 rings (SSSR count). The van der Waals surface area contributed by atoms with E-state index < -0.39 is 0 Å². The first-order valence-electron chi connectivity index (χ1n) is 6.18. The van der Waals surface area contributed by atoms with E-state index in [2.05, 4.69) is 37.8 Å². The monoisotopic (exact) mass is 218 g/mol. The fourth-order valence-electron chi connectivity index (χ4n) is 2.54. The van der Waals surface area contributed by atoms with Crippen LogP contribution >= 0.6 is 0 Å². The van der Waals surface area contributed by atoms with Crippen molar-refractivity contribution in [2.45, 2.75) is 27.2 Å². The van der Waals surface area contributed by atoms with Crippen LogP contribution in [0.2, 0.25) is 0 Å². The Labute approximate surface area is 98.4 Å². The maximum Gasteiger partial charge on any atom is 0.0389 e. The molecule has 0 aliphatic carbocycles. The molecule has 0 aromatic heterocycles. The van der Waals surface area contributed by atoms with E-state index in [0.717, 1.165) is 17.5 Å². The summed E-state index contributed by atoms with van der Waals surface area (Å²) in [5.41, 5.74) is 9.32. The van der Waals surface area contributed by atoms with Crippen LogP contribution in [0.5, 0.6) is 0 Å². The van der Waals surface area contributed by atoms with Crippen molar-refractivity contribution in [2.75, 3.05) is 23.7 Å². The summed E-state index contributed by atoms with van der Waals surface area (Å²) in [5.74, 6) is 1.62. The standard InChI is InChI=1S/C14H22N2/c1-10(2)12-4-5-16(9-12)14-7-11(3)6-13(15)8-14/h6-8,10,12H,4-5,9,15H2,1-3H3. The van der Waals surface area contributed by atoms with E-state index in [1.165, 1.54) is 30.8 Å². The Morgan fingerprint density at radius 3 is 2.62 bits per heavy atom. The molecular weight excluding hydrogens is 196 g/mol. The lowest BCUT2D eigenvalue weighted by Gasteiger charge is -2.21. The molecule has 0 radical (unpaired) electrons. The van der Waals surface area contributed by atoms with Crippen molar-refractivity contribution in [3.05, 3.63) is 23.8 Å². The predicted octanol–water partition coefficient (Wildman–Crippen LogP) is 3.06. The highest BCUT2D eigenvalue weighted by atomic mass is 15.2. The third kappa shape index (κ3) is 2.31. The second kappa shape index (κ2) is 4.36. The fraction of sp³-hybridized carbons (Fsp3) is 0.571. The quantitative estimate of drug-likeness (QED) is 0.773. The van der Waals surface area contributed by atoms with E-state index in [4.69, 9.17) is 5.73 Å². The summed E-state index contributed by atoms with van der Waals surface area (Å²) in [6.45, 7) is 9.10. The molecule has 1 atom stereocenters. The molecule has 1 aliphatic heterocycles. The van der Waals surface area contributed by atoms with Gasteiger partial charge in [0, 0.05) is 24.5 Å². The molecule has 0 amide bonds. The van der Waals surface area contributed by atoms with Gasteiger partial charge in [0.05, 0.1) is 0 Å². The van der Waals surface area contributed by atoms with Crippen LogP contribution in [0.25, 0.3) is 0 Å². The molecule has 1 aromatic carbocycles. The maximum absolute atomic E-state index is 5.89. The van der Waals surface area contributed by atoms with Crippen LogP contribution in [0.4, 0.5) is 11.4 Å². The molecule has 1 saturated heterocycles. The average molecular weight is 218 g/mol. The van der Waals surface area contributed by atoms with Crippen LogP contribution in [-0.4, -0.2) is 13.1 Å². The third-order valence-corrected chi connectivity index (χ3v) is 3.62. The predicted molar refractivity (Wildman–Crippen MR) is 70.7 cm³/mol. The molecule has 1 aliphatic rings. The summed E-state index contributed by atoms with van der Waals surface area (Å²) in [5, 5.41) is 0. The van der Waals surface area contributed by atoms with Gasteiger partial charge >= 0.3 is 0 Å².